The Kier molecular flexibility index (Phi) is 6.13. The zero-order valence-electron chi connectivity index (χ0n) is 16.6. The molecule has 0 atom stereocenters. The van der Waals surface area contributed by atoms with E-state index in [9.17, 15) is 25.2 Å². The van der Waals surface area contributed by atoms with Gasteiger partial charge in [-0.05, 0) is 22.2 Å². The molecule has 0 aliphatic rings. The molecule has 0 aliphatic carbocycles. The first-order chi connectivity index (χ1) is 11.8. The summed E-state index contributed by atoms with van der Waals surface area (Å²) in [7, 11) is -0.761. The average Bonchev–Trinajstić information content (AvgIpc) is 2.83. The molecule has 7 nitrogen and oxygen atoms in total. The van der Waals surface area contributed by atoms with Crippen LogP contribution in [0.2, 0.25) is 0 Å². The molecule has 1 heterocycles. The summed E-state index contributed by atoms with van der Waals surface area (Å²) in [6.45, 7) is 0. The summed E-state index contributed by atoms with van der Waals surface area (Å²) in [4.78, 5) is 1.52. The van der Waals surface area contributed by atoms with Crippen LogP contribution < -0.4 is 4.62 Å². The molecule has 0 fully saturated rings. The molecule has 0 bridgehead atoms. The number of fused-ring (bicyclic) bond motifs is 1. The molecule has 0 saturated carbocycles. The first kappa shape index (κ1) is 23.8. The van der Waals surface area contributed by atoms with Crippen molar-refractivity contribution >= 4 is 26.8 Å². The Balaban J connectivity index is 0.000000786. The number of para-hydroxylation sites is 1. The van der Waals surface area contributed by atoms with Crippen molar-refractivity contribution in [2.45, 2.75) is 0 Å². The number of hydrogen-bond donors (Lipinski definition) is 0. The van der Waals surface area contributed by atoms with Crippen LogP contribution in [-0.4, -0.2) is 71.5 Å². The topological polar surface area (TPSA) is 49.7 Å². The van der Waals surface area contributed by atoms with Crippen molar-refractivity contribution < 1.29 is 31.2 Å². The van der Waals surface area contributed by atoms with Crippen molar-refractivity contribution in [3.63, 3.8) is 0 Å². The van der Waals surface area contributed by atoms with Crippen LogP contribution in [-0.2, 0) is 0 Å². The van der Waals surface area contributed by atoms with Gasteiger partial charge in [-0.2, -0.15) is 4.62 Å². The van der Waals surface area contributed by atoms with E-state index < -0.39 is 15.8 Å². The van der Waals surface area contributed by atoms with Gasteiger partial charge in [0.25, 0.3) is 0 Å². The van der Waals surface area contributed by atoms with Gasteiger partial charge in [-0.1, -0.05) is 12.1 Å². The van der Waals surface area contributed by atoms with Gasteiger partial charge >= 0.3 is 42.4 Å². The van der Waals surface area contributed by atoms with Gasteiger partial charge in [0.05, 0.1) is 0 Å². The van der Waals surface area contributed by atoms with Crippen LogP contribution in [0, 0.1) is 0 Å². The van der Waals surface area contributed by atoms with Crippen LogP contribution in [0.25, 0.3) is 11.0 Å². The average molecular weight is 443 g/mol. The first-order valence-corrected chi connectivity index (χ1v) is 10.9. The fourth-order valence-electron chi connectivity index (χ4n) is 2.30. The molecule has 2 rings (SSSR count). The summed E-state index contributed by atoms with van der Waals surface area (Å²) in [6, 6.07) is 7.76. The fraction of sp³-hybridized carbons (Fsp3) is 0.500. The molecule has 158 valence electrons. The van der Waals surface area contributed by atoms with E-state index in [4.69, 9.17) is 4.62 Å². The molecule has 0 N–H and O–H groups in total. The molecule has 2 aromatic rings. The Morgan fingerprint density at radius 2 is 1.30 bits per heavy atom. The molecule has 27 heavy (non-hydrogen) atoms. The molecule has 0 amide bonds. The third-order valence-electron chi connectivity index (χ3n) is 3.07. The number of benzene rings is 1. The molecule has 1 aromatic carbocycles. The fourth-order valence-corrected chi connectivity index (χ4v) is 5.22. The van der Waals surface area contributed by atoms with Gasteiger partial charge in [-0.15, -0.1) is 19.1 Å². The second kappa shape index (κ2) is 6.97. The SMILES string of the molecule is CN(C)[P+](On1nnc2ccccc21)(N(C)C)N(C)C.F[P-](F)(F)(F)(F)F.[H+]. The van der Waals surface area contributed by atoms with Gasteiger partial charge in [-0.3, -0.25) is 0 Å². The maximum Gasteiger partial charge on any atom is 1.00 e. The largest absolute Gasteiger partial charge is 1.00 e. The van der Waals surface area contributed by atoms with E-state index in [1.807, 2.05) is 66.6 Å². The summed E-state index contributed by atoms with van der Waals surface area (Å²) >= 11 is 0. The van der Waals surface area contributed by atoms with Crippen LogP contribution in [0.4, 0.5) is 25.2 Å². The molecule has 0 radical (unpaired) electrons. The van der Waals surface area contributed by atoms with Crippen LogP contribution >= 0.6 is 15.8 Å². The molecule has 1 aromatic heterocycles. The zero-order valence-corrected chi connectivity index (χ0v) is 17.4. The molecule has 0 saturated heterocycles. The molecule has 0 unspecified atom stereocenters. The minimum Gasteiger partial charge on any atom is 1.00 e. The quantitative estimate of drug-likeness (QED) is 0.493. The maximum absolute atomic E-state index is 10.7. The Labute approximate surface area is 154 Å². The number of rotatable bonds is 5. The number of halogens is 6. The van der Waals surface area contributed by atoms with Crippen LogP contribution in [0.5, 0.6) is 0 Å². The standard InChI is InChI=1S/C12H22N6OP.F6P/c1-15(2)20(16(3)4,17(5)6)19-18-12-10-8-7-9-11(12)13-14-18;1-7(2,3,4,5)6/h7-10H,1-6H3;/q+1;-1/p+1. The van der Waals surface area contributed by atoms with Gasteiger partial charge in [0.1, 0.15) is 11.0 Å². The smallest absolute Gasteiger partial charge is 1.00 e. The van der Waals surface area contributed by atoms with Crippen molar-refractivity contribution in [3.05, 3.63) is 24.3 Å². The number of nitrogens with zero attached hydrogens (tertiary/aromatic N) is 6. The summed E-state index contributed by atoms with van der Waals surface area (Å²) < 4.78 is 71.7. The molecule has 0 spiro atoms. The van der Waals surface area contributed by atoms with E-state index >= 15 is 0 Å². The predicted molar refractivity (Wildman–Crippen MR) is 96.8 cm³/mol. The second-order valence-electron chi connectivity index (χ2n) is 6.05. The summed E-state index contributed by atoms with van der Waals surface area (Å²) in [5, 5.41) is 8.25. The van der Waals surface area contributed by atoms with Crippen molar-refractivity contribution in [1.82, 2.24) is 29.2 Å². The molecular formula is C12H23F6N6OP2+. The zero-order chi connectivity index (χ0) is 21.3. The van der Waals surface area contributed by atoms with E-state index in [-0.39, 0.29) is 1.43 Å². The molecule has 15 heteroatoms. The summed E-state index contributed by atoms with van der Waals surface area (Å²) in [5.74, 6) is 0. The third kappa shape index (κ3) is 7.34. The minimum absolute atomic E-state index is 0. The van der Waals surface area contributed by atoms with E-state index in [1.54, 1.807) is 0 Å². The summed E-state index contributed by atoms with van der Waals surface area (Å²) in [6.07, 6.45) is 0. The van der Waals surface area contributed by atoms with Crippen molar-refractivity contribution in [1.29, 1.82) is 0 Å². The van der Waals surface area contributed by atoms with Gasteiger partial charge in [0, 0.05) is 42.3 Å². The number of hydrogen-bond acceptors (Lipinski definition) is 6. The van der Waals surface area contributed by atoms with E-state index in [0.29, 0.717) is 0 Å². The molecular weight excluding hydrogens is 420 g/mol. The predicted octanol–water partition coefficient (Wildman–Crippen LogP) is 4.72. The van der Waals surface area contributed by atoms with Crippen LogP contribution in [0.3, 0.4) is 0 Å². The van der Waals surface area contributed by atoms with Gasteiger partial charge in [-0.25, -0.2) is 0 Å². The van der Waals surface area contributed by atoms with Gasteiger partial charge < -0.3 is 0 Å². The van der Waals surface area contributed by atoms with E-state index in [1.165, 1.54) is 4.85 Å². The van der Waals surface area contributed by atoms with Crippen molar-refractivity contribution in [3.8, 4) is 0 Å². The first-order valence-electron chi connectivity index (χ1n) is 7.34. The van der Waals surface area contributed by atoms with Crippen LogP contribution in [0.15, 0.2) is 24.3 Å². The second-order valence-corrected chi connectivity index (χ2v) is 11.6. The molecule has 0 aliphatic heterocycles. The Morgan fingerprint density at radius 3 is 1.70 bits per heavy atom. The van der Waals surface area contributed by atoms with Gasteiger partial charge in [0.15, 0.2) is 0 Å². The number of aromatic nitrogens is 3. The van der Waals surface area contributed by atoms with Crippen molar-refractivity contribution in [2.75, 3.05) is 42.3 Å². The van der Waals surface area contributed by atoms with E-state index in [0.717, 1.165) is 11.0 Å². The Bertz CT molecular complexity index is 752. The maximum atomic E-state index is 9.87. The Morgan fingerprint density at radius 1 is 0.889 bits per heavy atom. The third-order valence-corrected chi connectivity index (χ3v) is 6.57. The van der Waals surface area contributed by atoms with Gasteiger partial charge in [0.2, 0.25) is 0 Å². The Hall–Kier alpha value is -1.26. The van der Waals surface area contributed by atoms with E-state index in [2.05, 4.69) is 24.3 Å². The normalized spacial score (nSPS) is 15.5. The van der Waals surface area contributed by atoms with Crippen molar-refractivity contribution in [2.24, 2.45) is 0 Å². The minimum atomic E-state index is -10.7. The monoisotopic (exact) mass is 443 g/mol. The summed E-state index contributed by atoms with van der Waals surface area (Å²) in [5.41, 5.74) is 1.68. The van der Waals surface area contributed by atoms with Crippen LogP contribution in [0.1, 0.15) is 1.43 Å².